The lowest BCUT2D eigenvalue weighted by atomic mass is 10.2. The van der Waals surface area contributed by atoms with Gasteiger partial charge in [-0.05, 0) is 37.3 Å². The number of oxime groups is 1. The lowest BCUT2D eigenvalue weighted by Crippen LogP contribution is -2.50. The lowest BCUT2D eigenvalue weighted by molar-refractivity contribution is -0.148. The quantitative estimate of drug-likeness (QED) is 0.248. The molecule has 1 saturated heterocycles. The molecule has 2 aromatic heterocycles. The van der Waals surface area contributed by atoms with Crippen LogP contribution in [0.25, 0.3) is 5.69 Å². The molecule has 3 heterocycles. The Morgan fingerprint density at radius 1 is 1.26 bits per heavy atom. The van der Waals surface area contributed by atoms with Gasteiger partial charge in [0.1, 0.15) is 31.1 Å². The molecule has 3 aromatic rings. The zero-order chi connectivity index (χ0) is 24.5. The molecule has 184 valence electrons. The van der Waals surface area contributed by atoms with E-state index in [0.29, 0.717) is 31.1 Å². The number of amides is 1. The van der Waals surface area contributed by atoms with E-state index in [0.717, 1.165) is 5.69 Å². The Bertz CT molecular complexity index is 1120. The number of H-pyrrole nitrogens is 1. The van der Waals surface area contributed by atoms with Gasteiger partial charge in [-0.15, -0.1) is 0 Å². The Kier molecular flexibility index (Phi) is 8.01. The molecule has 1 aromatic carbocycles. The summed E-state index contributed by atoms with van der Waals surface area (Å²) in [6, 6.07) is 8.98. The van der Waals surface area contributed by atoms with E-state index in [2.05, 4.69) is 25.4 Å². The second-order valence-electron chi connectivity index (χ2n) is 7.38. The van der Waals surface area contributed by atoms with E-state index in [1.807, 2.05) is 24.3 Å². The topological polar surface area (TPSA) is 146 Å². The van der Waals surface area contributed by atoms with Crippen molar-refractivity contribution in [3.8, 4) is 11.4 Å². The first-order chi connectivity index (χ1) is 17.1. The Labute approximate surface area is 200 Å². The molecule has 1 amide bonds. The Morgan fingerprint density at radius 3 is 2.83 bits per heavy atom. The predicted molar refractivity (Wildman–Crippen MR) is 121 cm³/mol. The Balaban J connectivity index is 1.34. The van der Waals surface area contributed by atoms with Crippen molar-refractivity contribution in [1.29, 1.82) is 0 Å². The smallest absolute Gasteiger partial charge is 0.347 e. The van der Waals surface area contributed by atoms with Crippen LogP contribution in [0.3, 0.4) is 0 Å². The van der Waals surface area contributed by atoms with Gasteiger partial charge in [-0.25, -0.2) is 14.5 Å². The largest absolute Gasteiger partial charge is 0.491 e. The Hall–Kier alpha value is -4.26. The summed E-state index contributed by atoms with van der Waals surface area (Å²) in [5.41, 5.74) is 1.22. The number of morpholine rings is 1. The third kappa shape index (κ3) is 6.41. The van der Waals surface area contributed by atoms with Crippen LogP contribution in [0.2, 0.25) is 0 Å². The maximum Gasteiger partial charge on any atom is 0.347 e. The Morgan fingerprint density at radius 2 is 2.11 bits per heavy atom. The molecule has 0 aliphatic carbocycles. The highest BCUT2D eigenvalue weighted by Gasteiger charge is 2.29. The zero-order valence-electron chi connectivity index (χ0n) is 19.1. The number of carbonyl (C=O) groups is 2. The molecule has 0 bridgehead atoms. The van der Waals surface area contributed by atoms with Crippen molar-refractivity contribution >= 4 is 17.6 Å². The van der Waals surface area contributed by atoms with Crippen LogP contribution in [0.5, 0.6) is 5.75 Å². The van der Waals surface area contributed by atoms with Gasteiger partial charge in [-0.3, -0.25) is 9.89 Å². The van der Waals surface area contributed by atoms with Gasteiger partial charge in [0.2, 0.25) is 6.61 Å². The summed E-state index contributed by atoms with van der Waals surface area (Å²) in [5, 5.41) is 14.5. The minimum Gasteiger partial charge on any atom is -0.491 e. The maximum atomic E-state index is 13.2. The van der Waals surface area contributed by atoms with E-state index >= 15 is 0 Å². The summed E-state index contributed by atoms with van der Waals surface area (Å²) in [6.45, 7) is 2.75. The zero-order valence-corrected chi connectivity index (χ0v) is 19.1. The molecule has 0 spiro atoms. The van der Waals surface area contributed by atoms with Crippen LogP contribution in [-0.4, -0.2) is 93.1 Å². The van der Waals surface area contributed by atoms with Gasteiger partial charge in [0.05, 0.1) is 31.1 Å². The summed E-state index contributed by atoms with van der Waals surface area (Å²) in [6.07, 6.45) is 4.23. The van der Waals surface area contributed by atoms with Crippen molar-refractivity contribution in [3.05, 3.63) is 54.9 Å². The first-order valence-corrected chi connectivity index (χ1v) is 11.0. The molecule has 1 aliphatic rings. The molecule has 0 radical (unpaired) electrons. The predicted octanol–water partition coefficient (Wildman–Crippen LogP) is 0.581. The van der Waals surface area contributed by atoms with Crippen molar-refractivity contribution in [2.45, 2.75) is 13.0 Å². The summed E-state index contributed by atoms with van der Waals surface area (Å²) in [5.74, 6) is -0.304. The highest BCUT2D eigenvalue weighted by molar-refractivity contribution is 6.44. The number of aromatic amines is 1. The number of nitrogens with one attached hydrogen (secondary N) is 1. The monoisotopic (exact) mass is 483 g/mol. The molecule has 1 aliphatic heterocycles. The number of nitrogens with zero attached hydrogens (tertiary/aromatic N) is 6. The van der Waals surface area contributed by atoms with Gasteiger partial charge in [0, 0.05) is 12.7 Å². The molecule has 0 saturated carbocycles. The molecule has 13 heteroatoms. The van der Waals surface area contributed by atoms with Crippen LogP contribution < -0.4 is 4.74 Å². The van der Waals surface area contributed by atoms with E-state index in [-0.39, 0.29) is 30.9 Å². The van der Waals surface area contributed by atoms with Crippen LogP contribution in [0.4, 0.5) is 0 Å². The van der Waals surface area contributed by atoms with Gasteiger partial charge >= 0.3 is 5.97 Å². The lowest BCUT2D eigenvalue weighted by Gasteiger charge is -2.32. The number of aromatic nitrogens is 5. The van der Waals surface area contributed by atoms with Crippen molar-refractivity contribution < 1.29 is 28.6 Å². The molecule has 1 unspecified atom stereocenters. The summed E-state index contributed by atoms with van der Waals surface area (Å²) in [4.78, 5) is 35.3. The van der Waals surface area contributed by atoms with Gasteiger partial charge in [-0.2, -0.15) is 10.2 Å². The molecular formula is C22H25N7O6. The SMILES string of the molecule is CCOC(=O)CON=C(C(=O)N1CCOC(COc2ccc(-n3cncn3)cc2)C1)c1ccn[nH]1. The fourth-order valence-electron chi connectivity index (χ4n) is 3.32. The summed E-state index contributed by atoms with van der Waals surface area (Å²) in [7, 11) is 0. The highest BCUT2D eigenvalue weighted by Crippen LogP contribution is 2.16. The van der Waals surface area contributed by atoms with E-state index in [9.17, 15) is 9.59 Å². The summed E-state index contributed by atoms with van der Waals surface area (Å²) < 4.78 is 18.1. The van der Waals surface area contributed by atoms with E-state index in [4.69, 9.17) is 19.0 Å². The number of esters is 1. The average molecular weight is 483 g/mol. The third-order valence-corrected chi connectivity index (χ3v) is 4.98. The number of carbonyl (C=O) groups excluding carboxylic acids is 2. The van der Waals surface area contributed by atoms with Gasteiger partial charge in [0.15, 0.2) is 5.71 Å². The van der Waals surface area contributed by atoms with Crippen molar-refractivity contribution in [2.75, 3.05) is 39.5 Å². The molecule has 35 heavy (non-hydrogen) atoms. The van der Waals surface area contributed by atoms with Gasteiger partial charge in [-0.1, -0.05) is 5.16 Å². The van der Waals surface area contributed by atoms with Crippen molar-refractivity contribution in [3.63, 3.8) is 0 Å². The first kappa shape index (κ1) is 23.9. The maximum absolute atomic E-state index is 13.2. The van der Waals surface area contributed by atoms with Crippen molar-refractivity contribution in [2.24, 2.45) is 5.16 Å². The van der Waals surface area contributed by atoms with Crippen LogP contribution in [-0.2, 0) is 23.9 Å². The number of ether oxygens (including phenoxy) is 3. The van der Waals surface area contributed by atoms with E-state index < -0.39 is 12.6 Å². The highest BCUT2D eigenvalue weighted by atomic mass is 16.7. The van der Waals surface area contributed by atoms with E-state index in [1.165, 1.54) is 12.5 Å². The minimum atomic E-state index is -0.578. The first-order valence-electron chi connectivity index (χ1n) is 11.0. The van der Waals surface area contributed by atoms with Crippen LogP contribution in [0, 0.1) is 0 Å². The second-order valence-corrected chi connectivity index (χ2v) is 7.38. The standard InChI is InChI=1S/C22H25N7O6/c1-2-32-20(30)13-35-27-21(19-7-8-24-26-19)22(31)28-9-10-33-18(11-28)12-34-17-5-3-16(4-6-17)29-15-23-14-25-29/h3-8,14-15,18H,2,9-13H2,1H3,(H,24,26). The molecular weight excluding hydrogens is 458 g/mol. The van der Waals surface area contributed by atoms with Crippen LogP contribution >= 0.6 is 0 Å². The van der Waals surface area contributed by atoms with E-state index in [1.54, 1.807) is 28.9 Å². The molecule has 1 atom stereocenters. The molecule has 4 rings (SSSR count). The number of benzene rings is 1. The number of hydrogen-bond donors (Lipinski definition) is 1. The number of hydrogen-bond acceptors (Lipinski definition) is 10. The number of rotatable bonds is 10. The van der Waals surface area contributed by atoms with Gasteiger partial charge < -0.3 is 23.9 Å². The van der Waals surface area contributed by atoms with Crippen LogP contribution in [0.1, 0.15) is 12.6 Å². The average Bonchev–Trinajstić information content (AvgIpc) is 3.61. The molecule has 1 fully saturated rings. The van der Waals surface area contributed by atoms with Crippen LogP contribution in [0.15, 0.2) is 54.3 Å². The normalized spacial score (nSPS) is 16.1. The summed E-state index contributed by atoms with van der Waals surface area (Å²) >= 11 is 0. The fourth-order valence-corrected chi connectivity index (χ4v) is 3.32. The van der Waals surface area contributed by atoms with Crippen molar-refractivity contribution in [1.82, 2.24) is 29.9 Å². The molecule has 1 N–H and O–H groups in total. The minimum absolute atomic E-state index is 0.00272. The second kappa shape index (κ2) is 11.7. The fraction of sp³-hybridized carbons (Fsp3) is 0.364. The third-order valence-electron chi connectivity index (χ3n) is 4.98. The molecule has 13 nitrogen and oxygen atoms in total. The van der Waals surface area contributed by atoms with Gasteiger partial charge in [0.25, 0.3) is 5.91 Å².